The first kappa shape index (κ1) is 15.3. The van der Waals surface area contributed by atoms with Crippen molar-refractivity contribution in [3.05, 3.63) is 72.7 Å². The van der Waals surface area contributed by atoms with Gasteiger partial charge in [-0.1, -0.05) is 12.1 Å². The third kappa shape index (κ3) is 2.84. The maximum absolute atomic E-state index is 13.0. The average molecular weight is 340 g/mol. The van der Waals surface area contributed by atoms with Crippen LogP contribution in [-0.4, -0.2) is 19.6 Å². The van der Waals surface area contributed by atoms with Crippen LogP contribution in [0.2, 0.25) is 0 Å². The Kier molecular flexibility index (Phi) is 3.49. The molecule has 0 aliphatic heterocycles. The predicted molar refractivity (Wildman–Crippen MR) is 86.7 cm³/mol. The van der Waals surface area contributed by atoms with Crippen LogP contribution in [0.1, 0.15) is 5.56 Å². The molecule has 0 fully saturated rings. The quantitative estimate of drug-likeness (QED) is 0.540. The lowest BCUT2D eigenvalue weighted by atomic mass is 10.0. The SMILES string of the molecule is FC(F)(F)c1cccc(-c2ncccc2-c2ccn3nccc3n2)c1. The minimum atomic E-state index is -4.40. The molecule has 0 N–H and O–H groups in total. The molecule has 4 rings (SSSR count). The van der Waals surface area contributed by atoms with Crippen molar-refractivity contribution < 1.29 is 13.2 Å². The van der Waals surface area contributed by atoms with Crippen LogP contribution >= 0.6 is 0 Å². The number of alkyl halides is 3. The van der Waals surface area contributed by atoms with Crippen LogP contribution in [-0.2, 0) is 6.18 Å². The zero-order valence-corrected chi connectivity index (χ0v) is 12.8. The molecule has 4 aromatic rings. The summed E-state index contributed by atoms with van der Waals surface area (Å²) in [6.07, 6.45) is 0.528. The minimum Gasteiger partial charge on any atom is -0.256 e. The van der Waals surface area contributed by atoms with E-state index in [-0.39, 0.29) is 0 Å². The van der Waals surface area contributed by atoms with E-state index >= 15 is 0 Å². The first-order chi connectivity index (χ1) is 12.0. The number of fused-ring (bicyclic) bond motifs is 1. The van der Waals surface area contributed by atoms with Gasteiger partial charge in [0.25, 0.3) is 0 Å². The monoisotopic (exact) mass is 340 g/mol. The van der Waals surface area contributed by atoms with Crippen molar-refractivity contribution >= 4 is 5.65 Å². The van der Waals surface area contributed by atoms with Gasteiger partial charge in [-0.3, -0.25) is 4.98 Å². The van der Waals surface area contributed by atoms with E-state index in [1.807, 2.05) is 0 Å². The maximum Gasteiger partial charge on any atom is 0.416 e. The van der Waals surface area contributed by atoms with Crippen molar-refractivity contribution in [1.82, 2.24) is 19.6 Å². The molecular formula is C18H11F3N4. The van der Waals surface area contributed by atoms with Crippen LogP contribution in [0.4, 0.5) is 13.2 Å². The fourth-order valence-corrected chi connectivity index (χ4v) is 2.65. The Hall–Kier alpha value is -3.22. The van der Waals surface area contributed by atoms with Gasteiger partial charge < -0.3 is 0 Å². The second-order valence-electron chi connectivity index (χ2n) is 5.42. The molecule has 3 aromatic heterocycles. The van der Waals surface area contributed by atoms with E-state index in [1.165, 1.54) is 6.07 Å². The van der Waals surface area contributed by atoms with Crippen molar-refractivity contribution in [2.24, 2.45) is 0 Å². The van der Waals surface area contributed by atoms with Gasteiger partial charge >= 0.3 is 6.18 Å². The summed E-state index contributed by atoms with van der Waals surface area (Å²) in [5.41, 5.74) is 2.06. The highest BCUT2D eigenvalue weighted by Gasteiger charge is 2.30. The molecule has 4 nitrogen and oxygen atoms in total. The Morgan fingerprint density at radius 1 is 0.920 bits per heavy atom. The van der Waals surface area contributed by atoms with Crippen LogP contribution in [0.5, 0.6) is 0 Å². The highest BCUT2D eigenvalue weighted by atomic mass is 19.4. The lowest BCUT2D eigenvalue weighted by Crippen LogP contribution is -2.04. The summed E-state index contributed by atoms with van der Waals surface area (Å²) < 4.78 is 40.6. The van der Waals surface area contributed by atoms with E-state index in [1.54, 1.807) is 53.4 Å². The van der Waals surface area contributed by atoms with Crippen LogP contribution in [0.25, 0.3) is 28.2 Å². The Labute approximate surface area is 140 Å². The highest BCUT2D eigenvalue weighted by Crippen LogP contribution is 2.34. The fraction of sp³-hybridized carbons (Fsp3) is 0.0556. The van der Waals surface area contributed by atoms with E-state index < -0.39 is 11.7 Å². The molecule has 0 saturated carbocycles. The first-order valence-electron chi connectivity index (χ1n) is 7.46. The van der Waals surface area contributed by atoms with E-state index in [9.17, 15) is 13.2 Å². The number of benzene rings is 1. The molecule has 1 aromatic carbocycles. The lowest BCUT2D eigenvalue weighted by molar-refractivity contribution is -0.137. The summed E-state index contributed by atoms with van der Waals surface area (Å²) in [5.74, 6) is 0. The largest absolute Gasteiger partial charge is 0.416 e. The number of halogens is 3. The standard InChI is InChI=1S/C18H11F3N4/c19-18(20,21)13-4-1-3-12(11-13)17-14(5-2-8-22-17)15-7-10-25-16(24-15)6-9-23-25/h1-11H. The summed E-state index contributed by atoms with van der Waals surface area (Å²) in [6, 6.07) is 12.2. The van der Waals surface area contributed by atoms with Gasteiger partial charge in [-0.15, -0.1) is 0 Å². The smallest absolute Gasteiger partial charge is 0.256 e. The molecule has 0 unspecified atom stereocenters. The topological polar surface area (TPSA) is 43.1 Å². The van der Waals surface area contributed by atoms with Gasteiger partial charge in [-0.25, -0.2) is 9.50 Å². The molecule has 0 spiro atoms. The number of rotatable bonds is 2. The van der Waals surface area contributed by atoms with Gasteiger partial charge in [0, 0.05) is 29.6 Å². The van der Waals surface area contributed by atoms with Crippen LogP contribution in [0, 0.1) is 0 Å². The van der Waals surface area contributed by atoms with Gasteiger partial charge in [0.2, 0.25) is 0 Å². The Morgan fingerprint density at radius 3 is 2.64 bits per heavy atom. The first-order valence-corrected chi connectivity index (χ1v) is 7.46. The Balaban J connectivity index is 1.87. The van der Waals surface area contributed by atoms with E-state index in [2.05, 4.69) is 15.1 Å². The predicted octanol–water partition coefficient (Wildman–Crippen LogP) is 4.48. The number of hydrogen-bond acceptors (Lipinski definition) is 3. The van der Waals surface area contributed by atoms with Crippen LogP contribution in [0.3, 0.4) is 0 Å². The number of nitrogens with zero attached hydrogens (tertiary/aromatic N) is 4. The third-order valence-electron chi connectivity index (χ3n) is 3.81. The molecule has 0 aliphatic carbocycles. The van der Waals surface area contributed by atoms with Gasteiger partial charge in [0.15, 0.2) is 5.65 Å². The van der Waals surface area contributed by atoms with Gasteiger partial charge in [-0.05, 0) is 30.3 Å². The summed E-state index contributed by atoms with van der Waals surface area (Å²) in [7, 11) is 0. The second kappa shape index (κ2) is 5.70. The minimum absolute atomic E-state index is 0.389. The molecule has 0 aliphatic rings. The Bertz CT molecular complexity index is 1050. The summed E-state index contributed by atoms with van der Waals surface area (Å²) in [6.45, 7) is 0. The van der Waals surface area contributed by atoms with Gasteiger partial charge in [-0.2, -0.15) is 18.3 Å². The molecule has 0 radical (unpaired) electrons. The molecule has 124 valence electrons. The van der Waals surface area contributed by atoms with Crippen molar-refractivity contribution in [3.63, 3.8) is 0 Å². The normalized spacial score (nSPS) is 11.8. The molecule has 7 heteroatoms. The number of aromatic nitrogens is 4. The van der Waals surface area contributed by atoms with Crippen LogP contribution in [0.15, 0.2) is 67.1 Å². The summed E-state index contributed by atoms with van der Waals surface area (Å²) in [5, 5.41) is 4.09. The van der Waals surface area contributed by atoms with E-state index in [0.717, 1.165) is 12.1 Å². The summed E-state index contributed by atoms with van der Waals surface area (Å²) in [4.78, 5) is 8.79. The van der Waals surface area contributed by atoms with E-state index in [4.69, 9.17) is 0 Å². The molecule has 0 amide bonds. The van der Waals surface area contributed by atoms with E-state index in [0.29, 0.717) is 28.2 Å². The fourth-order valence-electron chi connectivity index (χ4n) is 2.65. The van der Waals surface area contributed by atoms with Crippen LogP contribution < -0.4 is 0 Å². The molecule has 3 heterocycles. The van der Waals surface area contributed by atoms with Crippen molar-refractivity contribution in [3.8, 4) is 22.5 Å². The van der Waals surface area contributed by atoms with Crippen molar-refractivity contribution in [1.29, 1.82) is 0 Å². The number of hydrogen-bond donors (Lipinski definition) is 0. The highest BCUT2D eigenvalue weighted by molar-refractivity contribution is 5.79. The average Bonchev–Trinajstić information content (AvgIpc) is 3.09. The Morgan fingerprint density at radius 2 is 1.80 bits per heavy atom. The van der Waals surface area contributed by atoms with Crippen molar-refractivity contribution in [2.75, 3.05) is 0 Å². The summed E-state index contributed by atoms with van der Waals surface area (Å²) >= 11 is 0. The van der Waals surface area contributed by atoms with Gasteiger partial charge in [0.05, 0.1) is 23.1 Å². The molecule has 0 bridgehead atoms. The van der Waals surface area contributed by atoms with Gasteiger partial charge in [0.1, 0.15) is 0 Å². The van der Waals surface area contributed by atoms with Crippen molar-refractivity contribution in [2.45, 2.75) is 6.18 Å². The second-order valence-corrected chi connectivity index (χ2v) is 5.42. The molecule has 0 saturated heterocycles. The zero-order chi connectivity index (χ0) is 17.4. The molecule has 25 heavy (non-hydrogen) atoms. The zero-order valence-electron chi connectivity index (χ0n) is 12.8. The maximum atomic E-state index is 13.0. The third-order valence-corrected chi connectivity index (χ3v) is 3.81. The number of pyridine rings is 1. The lowest BCUT2D eigenvalue weighted by Gasteiger charge is -2.11. The molecule has 0 atom stereocenters. The molecular weight excluding hydrogens is 329 g/mol.